The summed E-state index contributed by atoms with van der Waals surface area (Å²) in [4.78, 5) is 11.9. The van der Waals surface area contributed by atoms with Crippen molar-refractivity contribution in [2.75, 3.05) is 0 Å². The molecule has 0 aliphatic rings. The van der Waals surface area contributed by atoms with Gasteiger partial charge in [0.1, 0.15) is 17.5 Å². The fourth-order valence-corrected chi connectivity index (χ4v) is 1.85. The highest BCUT2D eigenvalue weighted by Gasteiger charge is 2.39. The van der Waals surface area contributed by atoms with Crippen molar-refractivity contribution in [1.29, 1.82) is 5.26 Å². The number of alkyl halides is 3. The lowest BCUT2D eigenvalue weighted by Gasteiger charge is -2.04. The van der Waals surface area contributed by atoms with Gasteiger partial charge in [-0.15, -0.1) is 5.10 Å². The smallest absolute Gasteiger partial charge is 0.451 e. The lowest BCUT2D eigenvalue weighted by molar-refractivity contribution is -0.147. The van der Waals surface area contributed by atoms with Gasteiger partial charge in [0.25, 0.3) is 0 Å². The fraction of sp³-hybridized carbons (Fsp3) is 0.250. The van der Waals surface area contributed by atoms with Crippen molar-refractivity contribution in [3.05, 3.63) is 39.8 Å². The number of phenolic OH excluding ortho intramolecular Hbond substituents is 1. The van der Waals surface area contributed by atoms with Crippen LogP contribution in [0.1, 0.15) is 18.3 Å². The van der Waals surface area contributed by atoms with E-state index in [2.05, 4.69) is 5.10 Å². The first-order chi connectivity index (χ1) is 10.2. The van der Waals surface area contributed by atoms with Crippen LogP contribution in [-0.4, -0.2) is 19.5 Å². The van der Waals surface area contributed by atoms with Crippen LogP contribution >= 0.6 is 0 Å². The van der Waals surface area contributed by atoms with Gasteiger partial charge in [-0.3, -0.25) is 4.57 Å². The second-order valence-electron chi connectivity index (χ2n) is 4.19. The topological polar surface area (TPSA) is 83.8 Å². The molecule has 0 saturated heterocycles. The van der Waals surface area contributed by atoms with Crippen LogP contribution in [0.4, 0.5) is 17.6 Å². The van der Waals surface area contributed by atoms with E-state index in [-0.39, 0.29) is 11.2 Å². The molecular weight excluding hydrogens is 308 g/mol. The van der Waals surface area contributed by atoms with E-state index >= 15 is 0 Å². The van der Waals surface area contributed by atoms with E-state index in [1.54, 1.807) is 0 Å². The number of rotatable bonds is 2. The van der Waals surface area contributed by atoms with Gasteiger partial charge in [0.15, 0.2) is 5.82 Å². The summed E-state index contributed by atoms with van der Waals surface area (Å²) in [7, 11) is 0. The molecule has 0 atom stereocenters. The Morgan fingerprint density at radius 3 is 2.50 bits per heavy atom. The molecule has 2 aromatic rings. The van der Waals surface area contributed by atoms with E-state index in [1.165, 1.54) is 13.0 Å². The molecule has 22 heavy (non-hydrogen) atoms. The molecule has 0 fully saturated rings. The Morgan fingerprint density at radius 1 is 1.41 bits per heavy atom. The third kappa shape index (κ3) is 2.41. The maximum atomic E-state index is 13.9. The van der Waals surface area contributed by atoms with E-state index in [0.29, 0.717) is 16.7 Å². The lowest BCUT2D eigenvalue weighted by Crippen LogP contribution is -2.25. The van der Waals surface area contributed by atoms with Crippen molar-refractivity contribution in [1.82, 2.24) is 14.3 Å². The first-order valence-electron chi connectivity index (χ1n) is 5.90. The second-order valence-corrected chi connectivity index (χ2v) is 4.19. The highest BCUT2D eigenvalue weighted by molar-refractivity contribution is 5.50. The van der Waals surface area contributed by atoms with Crippen molar-refractivity contribution >= 4 is 0 Å². The zero-order valence-electron chi connectivity index (χ0n) is 11.0. The Hall–Kier alpha value is -2.83. The number of nitrogens with zero attached hydrogens (tertiary/aromatic N) is 4. The molecule has 1 aromatic heterocycles. The fourth-order valence-electron chi connectivity index (χ4n) is 1.85. The van der Waals surface area contributed by atoms with Gasteiger partial charge in [-0.2, -0.15) is 23.1 Å². The van der Waals surface area contributed by atoms with Crippen molar-refractivity contribution in [3.63, 3.8) is 0 Å². The van der Waals surface area contributed by atoms with E-state index in [1.807, 2.05) is 0 Å². The summed E-state index contributed by atoms with van der Waals surface area (Å²) in [5.41, 5.74) is -2.31. The monoisotopic (exact) mass is 316 g/mol. The summed E-state index contributed by atoms with van der Waals surface area (Å²) in [6.07, 6.45) is -4.90. The predicted molar refractivity (Wildman–Crippen MR) is 64.8 cm³/mol. The third-order valence-electron chi connectivity index (χ3n) is 2.85. The first-order valence-corrected chi connectivity index (χ1v) is 5.90. The molecule has 10 heteroatoms. The third-order valence-corrected chi connectivity index (χ3v) is 2.85. The SMILES string of the molecule is CCn1c(C(F)(F)F)nn(-c2cc(O)c(C#N)cc2F)c1=O. The highest BCUT2D eigenvalue weighted by Crippen LogP contribution is 2.28. The van der Waals surface area contributed by atoms with Crippen LogP contribution in [0, 0.1) is 17.1 Å². The van der Waals surface area contributed by atoms with Gasteiger partial charge in [-0.1, -0.05) is 0 Å². The number of hydrogen-bond acceptors (Lipinski definition) is 4. The average molecular weight is 316 g/mol. The summed E-state index contributed by atoms with van der Waals surface area (Å²) in [6, 6.07) is 2.77. The van der Waals surface area contributed by atoms with Gasteiger partial charge in [0.05, 0.1) is 5.56 Å². The summed E-state index contributed by atoms with van der Waals surface area (Å²) in [5, 5.41) is 21.2. The van der Waals surface area contributed by atoms with Crippen LogP contribution in [-0.2, 0) is 12.7 Å². The van der Waals surface area contributed by atoms with Crippen molar-refractivity contribution < 1.29 is 22.7 Å². The standard InChI is InChI=1S/C12H8F4N4O2/c1-2-19-10(12(14,15)16)18-20(11(19)22)8-4-9(21)6(5-17)3-7(8)13/h3-4,21H,2H2,1H3. The molecule has 1 aromatic carbocycles. The Kier molecular flexibility index (Phi) is 3.66. The Bertz CT molecular complexity index is 829. The summed E-state index contributed by atoms with van der Waals surface area (Å²) in [6.45, 7) is 0.979. The molecule has 0 unspecified atom stereocenters. The average Bonchev–Trinajstić information content (AvgIpc) is 2.77. The van der Waals surface area contributed by atoms with Gasteiger partial charge in [-0.05, 0) is 13.0 Å². The number of aromatic hydroxyl groups is 1. The number of aromatic nitrogens is 3. The second kappa shape index (κ2) is 5.18. The van der Waals surface area contributed by atoms with Gasteiger partial charge >= 0.3 is 11.9 Å². The zero-order chi connectivity index (χ0) is 16.7. The molecule has 0 aliphatic carbocycles. The van der Waals surface area contributed by atoms with Crippen molar-refractivity contribution in [3.8, 4) is 17.5 Å². The minimum atomic E-state index is -4.90. The lowest BCUT2D eigenvalue weighted by atomic mass is 10.2. The number of phenols is 1. The molecule has 2 rings (SSSR count). The number of nitriles is 1. The molecule has 1 N–H and O–H groups in total. The Morgan fingerprint density at radius 2 is 2.05 bits per heavy atom. The van der Waals surface area contributed by atoms with Gasteiger partial charge < -0.3 is 5.11 Å². The molecule has 1 heterocycles. The van der Waals surface area contributed by atoms with Gasteiger partial charge in [0, 0.05) is 12.6 Å². The summed E-state index contributed by atoms with van der Waals surface area (Å²) < 4.78 is 52.9. The maximum Gasteiger partial charge on any atom is 0.451 e. The largest absolute Gasteiger partial charge is 0.506 e. The molecule has 0 spiro atoms. The zero-order valence-corrected chi connectivity index (χ0v) is 11.0. The van der Waals surface area contributed by atoms with Crippen LogP contribution in [0.25, 0.3) is 5.69 Å². The molecule has 0 amide bonds. The molecule has 0 bridgehead atoms. The number of halogens is 4. The van der Waals surface area contributed by atoms with E-state index < -0.39 is 40.5 Å². The maximum absolute atomic E-state index is 13.9. The van der Waals surface area contributed by atoms with Crippen LogP contribution in [0.15, 0.2) is 16.9 Å². The van der Waals surface area contributed by atoms with Crippen LogP contribution in [0.3, 0.4) is 0 Å². The van der Waals surface area contributed by atoms with Gasteiger partial charge in [0.2, 0.25) is 5.82 Å². The normalized spacial score (nSPS) is 11.5. The van der Waals surface area contributed by atoms with Crippen molar-refractivity contribution in [2.45, 2.75) is 19.6 Å². The molecule has 6 nitrogen and oxygen atoms in total. The van der Waals surface area contributed by atoms with E-state index in [9.17, 15) is 27.5 Å². The van der Waals surface area contributed by atoms with Gasteiger partial charge in [-0.25, -0.2) is 9.18 Å². The number of hydrogen-bond donors (Lipinski definition) is 1. The molecule has 0 aliphatic heterocycles. The quantitative estimate of drug-likeness (QED) is 0.856. The predicted octanol–water partition coefficient (Wildman–Crippen LogP) is 1.79. The molecule has 0 radical (unpaired) electrons. The molecular formula is C12H8F4N4O2. The Balaban J connectivity index is 2.75. The Labute approximate surface area is 120 Å². The van der Waals surface area contributed by atoms with E-state index in [4.69, 9.17) is 5.26 Å². The minimum absolute atomic E-state index is 0.197. The van der Waals surface area contributed by atoms with Crippen molar-refractivity contribution in [2.24, 2.45) is 0 Å². The van der Waals surface area contributed by atoms with Crippen LogP contribution in [0.2, 0.25) is 0 Å². The van der Waals surface area contributed by atoms with Crippen LogP contribution < -0.4 is 5.69 Å². The highest BCUT2D eigenvalue weighted by atomic mass is 19.4. The summed E-state index contributed by atoms with van der Waals surface area (Å²) in [5.74, 6) is -3.32. The molecule has 116 valence electrons. The van der Waals surface area contributed by atoms with E-state index in [0.717, 1.165) is 0 Å². The van der Waals surface area contributed by atoms with Crippen LogP contribution in [0.5, 0.6) is 5.75 Å². The summed E-state index contributed by atoms with van der Waals surface area (Å²) >= 11 is 0. The first kappa shape index (κ1) is 15.6. The molecule has 0 saturated carbocycles. The number of benzene rings is 1. The minimum Gasteiger partial charge on any atom is -0.506 e.